The first kappa shape index (κ1) is 58.5. The molecule has 0 heterocycles. The van der Waals surface area contributed by atoms with Crippen molar-refractivity contribution in [3.05, 3.63) is 0 Å². The standard InChI is InChI=1S/C47H98N2O10/c1-5-9-13-17-21-25-30-54-40-44(50)38-49(39-45(51)41-55-31-26-22-18-14-10-6-2)58-36-35-53-34-29-48-37-46(42-56-32-27-23-19-15-11-7-3)59-47(52)43-57-33-28-24-20-16-12-8-4/h44-48,50-52H,5-43H2,1-4H3. The third kappa shape index (κ3) is 45.4. The predicted molar refractivity (Wildman–Crippen MR) is 241 cm³/mol. The van der Waals surface area contributed by atoms with Crippen LogP contribution < -0.4 is 5.32 Å². The van der Waals surface area contributed by atoms with Gasteiger partial charge in [-0.05, 0) is 25.7 Å². The molecule has 0 aromatic heterocycles. The second-order valence-electron chi connectivity index (χ2n) is 16.4. The molecule has 0 aromatic rings. The van der Waals surface area contributed by atoms with Gasteiger partial charge in [0.2, 0.25) is 0 Å². The van der Waals surface area contributed by atoms with Gasteiger partial charge >= 0.3 is 0 Å². The third-order valence-electron chi connectivity index (χ3n) is 10.2. The molecule has 12 nitrogen and oxygen atoms in total. The number of aliphatic hydroxyl groups excluding tert-OH is 3. The van der Waals surface area contributed by atoms with Crippen LogP contribution in [0.3, 0.4) is 0 Å². The average Bonchev–Trinajstić information content (AvgIpc) is 3.22. The van der Waals surface area contributed by atoms with E-state index >= 15 is 0 Å². The van der Waals surface area contributed by atoms with Crippen molar-refractivity contribution >= 4 is 0 Å². The molecular formula is C47H98N2O10. The highest BCUT2D eigenvalue weighted by Crippen LogP contribution is 2.09. The highest BCUT2D eigenvalue weighted by Gasteiger charge is 2.18. The first-order valence-electron chi connectivity index (χ1n) is 24.6. The molecule has 0 radical (unpaired) electrons. The molecule has 4 unspecified atom stereocenters. The van der Waals surface area contributed by atoms with E-state index in [2.05, 4.69) is 33.0 Å². The molecule has 356 valence electrons. The van der Waals surface area contributed by atoms with Crippen molar-refractivity contribution in [2.45, 2.75) is 206 Å². The minimum Gasteiger partial charge on any atom is -0.389 e. The van der Waals surface area contributed by atoms with Crippen molar-refractivity contribution in [2.75, 3.05) is 98.9 Å². The third-order valence-corrected chi connectivity index (χ3v) is 10.2. The summed E-state index contributed by atoms with van der Waals surface area (Å²) in [6, 6.07) is 0. The number of hydrogen-bond acceptors (Lipinski definition) is 12. The molecule has 4 atom stereocenters. The fraction of sp³-hybridized carbons (Fsp3) is 1.00. The van der Waals surface area contributed by atoms with Crippen molar-refractivity contribution < 1.29 is 48.6 Å². The lowest BCUT2D eigenvalue weighted by atomic mass is 10.1. The minimum atomic E-state index is -1.01. The van der Waals surface area contributed by atoms with Crippen LogP contribution in [0.1, 0.15) is 182 Å². The van der Waals surface area contributed by atoms with E-state index in [1.165, 1.54) is 109 Å². The summed E-state index contributed by atoms with van der Waals surface area (Å²) in [4.78, 5) is 5.98. The van der Waals surface area contributed by atoms with Gasteiger partial charge in [0, 0.05) is 39.5 Å². The van der Waals surface area contributed by atoms with Crippen LogP contribution in [0.15, 0.2) is 0 Å². The summed E-state index contributed by atoms with van der Waals surface area (Å²) in [5.74, 6) is 0. The van der Waals surface area contributed by atoms with Gasteiger partial charge < -0.3 is 49.1 Å². The van der Waals surface area contributed by atoms with Crippen LogP contribution >= 0.6 is 0 Å². The molecule has 0 saturated carbocycles. The van der Waals surface area contributed by atoms with E-state index in [1.54, 1.807) is 5.06 Å². The van der Waals surface area contributed by atoms with Gasteiger partial charge in [-0.25, -0.2) is 0 Å². The maximum atomic E-state index is 10.7. The molecule has 0 spiro atoms. The Kier molecular flexibility index (Phi) is 48.2. The first-order chi connectivity index (χ1) is 29.0. The quantitative estimate of drug-likeness (QED) is 0.0264. The number of unbranched alkanes of at least 4 members (excludes halogenated alkanes) is 20. The molecule has 0 aliphatic carbocycles. The number of rotatable bonds is 51. The Hall–Kier alpha value is -0.480. The summed E-state index contributed by atoms with van der Waals surface area (Å²) in [7, 11) is 0. The fourth-order valence-electron chi connectivity index (χ4n) is 6.67. The van der Waals surface area contributed by atoms with Gasteiger partial charge in [-0.1, -0.05) is 156 Å². The lowest BCUT2D eigenvalue weighted by molar-refractivity contribution is -0.200. The first-order valence-corrected chi connectivity index (χ1v) is 24.6. The van der Waals surface area contributed by atoms with Gasteiger partial charge in [0.05, 0.1) is 77.6 Å². The highest BCUT2D eigenvalue weighted by molar-refractivity contribution is 4.65. The van der Waals surface area contributed by atoms with Crippen molar-refractivity contribution in [1.29, 1.82) is 0 Å². The van der Waals surface area contributed by atoms with Gasteiger partial charge in [-0.15, -0.1) is 0 Å². The van der Waals surface area contributed by atoms with E-state index in [0.717, 1.165) is 44.9 Å². The van der Waals surface area contributed by atoms with Gasteiger partial charge in [-0.2, -0.15) is 5.06 Å². The van der Waals surface area contributed by atoms with Crippen LogP contribution in [0.2, 0.25) is 0 Å². The van der Waals surface area contributed by atoms with Gasteiger partial charge in [0.1, 0.15) is 0 Å². The van der Waals surface area contributed by atoms with Crippen molar-refractivity contribution in [1.82, 2.24) is 10.4 Å². The average molecular weight is 851 g/mol. The maximum absolute atomic E-state index is 10.7. The van der Waals surface area contributed by atoms with Crippen molar-refractivity contribution in [2.24, 2.45) is 0 Å². The molecule has 0 bridgehead atoms. The molecule has 0 fully saturated rings. The summed E-state index contributed by atoms with van der Waals surface area (Å²) in [6.07, 6.45) is 25.9. The van der Waals surface area contributed by atoms with Gasteiger partial charge in [0.15, 0.2) is 6.29 Å². The fourth-order valence-corrected chi connectivity index (χ4v) is 6.67. The summed E-state index contributed by atoms with van der Waals surface area (Å²) in [5, 5.41) is 37.0. The number of hydroxylamine groups is 2. The molecule has 0 aromatic carbocycles. The van der Waals surface area contributed by atoms with Crippen LogP contribution in [-0.4, -0.2) is 144 Å². The predicted octanol–water partition coefficient (Wildman–Crippen LogP) is 8.76. The molecule has 0 rings (SSSR count). The van der Waals surface area contributed by atoms with Gasteiger partial charge in [0.25, 0.3) is 0 Å². The summed E-state index contributed by atoms with van der Waals surface area (Å²) >= 11 is 0. The Labute approximate surface area is 363 Å². The Balaban J connectivity index is 4.65. The zero-order valence-electron chi connectivity index (χ0n) is 39.0. The Morgan fingerprint density at radius 2 is 0.797 bits per heavy atom. The summed E-state index contributed by atoms with van der Waals surface area (Å²) in [5.41, 5.74) is 0. The number of nitrogens with one attached hydrogen (secondary N) is 1. The van der Waals surface area contributed by atoms with Crippen molar-refractivity contribution in [3.63, 3.8) is 0 Å². The Morgan fingerprint density at radius 1 is 0.407 bits per heavy atom. The highest BCUT2D eigenvalue weighted by atomic mass is 16.7. The smallest absolute Gasteiger partial charge is 0.178 e. The molecule has 0 saturated heterocycles. The van der Waals surface area contributed by atoms with Crippen LogP contribution in [0, 0.1) is 0 Å². The zero-order chi connectivity index (χ0) is 43.1. The SMILES string of the molecule is CCCCCCCCOCC(O)CN(CC(O)COCCCCCCCC)OCCOCCNCC(COCCCCCCCC)OC(O)COCCCCCCCC. The van der Waals surface area contributed by atoms with E-state index in [0.29, 0.717) is 59.3 Å². The number of hydrogen-bond donors (Lipinski definition) is 4. The van der Waals surface area contributed by atoms with E-state index < -0.39 is 18.5 Å². The molecule has 4 N–H and O–H groups in total. The molecule has 0 amide bonds. The molecule has 12 heteroatoms. The molecule has 0 aliphatic heterocycles. The lowest BCUT2D eigenvalue weighted by Gasteiger charge is -2.26. The number of aliphatic hydroxyl groups is 3. The lowest BCUT2D eigenvalue weighted by Crippen LogP contribution is -2.41. The van der Waals surface area contributed by atoms with Crippen LogP contribution in [0.25, 0.3) is 0 Å². The van der Waals surface area contributed by atoms with Crippen molar-refractivity contribution in [3.8, 4) is 0 Å². The monoisotopic (exact) mass is 851 g/mol. The van der Waals surface area contributed by atoms with Crippen LogP contribution in [-0.2, 0) is 33.3 Å². The zero-order valence-corrected chi connectivity index (χ0v) is 39.0. The number of ether oxygens (including phenoxy) is 6. The largest absolute Gasteiger partial charge is 0.389 e. The summed E-state index contributed by atoms with van der Waals surface area (Å²) in [6.45, 7) is 15.1. The van der Waals surface area contributed by atoms with E-state index in [-0.39, 0.29) is 45.6 Å². The minimum absolute atomic E-state index is 0.148. The van der Waals surface area contributed by atoms with E-state index in [9.17, 15) is 15.3 Å². The van der Waals surface area contributed by atoms with Crippen LogP contribution in [0.5, 0.6) is 0 Å². The molecular weight excluding hydrogens is 753 g/mol. The van der Waals surface area contributed by atoms with E-state index in [4.69, 9.17) is 33.3 Å². The maximum Gasteiger partial charge on any atom is 0.178 e. The molecule has 0 aliphatic rings. The van der Waals surface area contributed by atoms with Gasteiger partial charge in [-0.3, -0.25) is 4.84 Å². The Bertz CT molecular complexity index is 761. The number of nitrogens with zero attached hydrogens (tertiary/aromatic N) is 1. The second-order valence-corrected chi connectivity index (χ2v) is 16.4. The second kappa shape index (κ2) is 48.6. The van der Waals surface area contributed by atoms with E-state index in [1.807, 2.05) is 0 Å². The normalized spacial score (nSPS) is 14.0. The molecule has 59 heavy (non-hydrogen) atoms. The summed E-state index contributed by atoms with van der Waals surface area (Å²) < 4.78 is 34.9. The van der Waals surface area contributed by atoms with Crippen LogP contribution in [0.4, 0.5) is 0 Å². The Morgan fingerprint density at radius 3 is 1.24 bits per heavy atom. The topological polar surface area (TPSA) is 141 Å².